The van der Waals surface area contributed by atoms with Crippen LogP contribution in [-0.2, 0) is 11.3 Å². The highest BCUT2D eigenvalue weighted by atomic mass is 16.2. The highest BCUT2D eigenvalue weighted by Crippen LogP contribution is 2.44. The Morgan fingerprint density at radius 3 is 3.00 bits per heavy atom. The van der Waals surface area contributed by atoms with Crippen molar-refractivity contribution in [3.63, 3.8) is 0 Å². The summed E-state index contributed by atoms with van der Waals surface area (Å²) in [6.07, 6.45) is 1.25. The van der Waals surface area contributed by atoms with Crippen molar-refractivity contribution in [2.75, 3.05) is 0 Å². The second kappa shape index (κ2) is 3.89. The molecular weight excluding hydrogens is 208 g/mol. The molecule has 0 bridgehead atoms. The SMILES string of the molecule is CC1CC(C#N)(C(=O)NCc2nn[nH]n2)C1. The first-order valence-corrected chi connectivity index (χ1v) is 5.08. The molecule has 1 aliphatic rings. The molecule has 0 unspecified atom stereocenters. The van der Waals surface area contributed by atoms with Gasteiger partial charge in [-0.3, -0.25) is 4.79 Å². The van der Waals surface area contributed by atoms with Crippen LogP contribution in [0.1, 0.15) is 25.6 Å². The van der Waals surface area contributed by atoms with Crippen LogP contribution in [0.5, 0.6) is 0 Å². The molecule has 0 aliphatic heterocycles. The highest BCUT2D eigenvalue weighted by molar-refractivity contribution is 5.86. The van der Waals surface area contributed by atoms with Gasteiger partial charge in [-0.15, -0.1) is 10.2 Å². The predicted octanol–water partition coefficient (Wildman–Crippen LogP) is -0.244. The standard InChI is InChI=1S/C9H12N6O/c1-6-2-9(3-6,5-10)8(16)11-4-7-12-14-15-13-7/h6H,2-4H2,1H3,(H,11,16)(H,12,13,14,15). The number of carbonyl (C=O) groups is 1. The van der Waals surface area contributed by atoms with Gasteiger partial charge in [0.2, 0.25) is 5.91 Å². The van der Waals surface area contributed by atoms with E-state index in [9.17, 15) is 4.79 Å². The maximum Gasteiger partial charge on any atom is 0.240 e. The van der Waals surface area contributed by atoms with Crippen LogP contribution in [-0.4, -0.2) is 26.5 Å². The zero-order valence-electron chi connectivity index (χ0n) is 8.90. The number of aromatic amines is 1. The zero-order valence-corrected chi connectivity index (χ0v) is 8.90. The average Bonchev–Trinajstić information content (AvgIpc) is 2.73. The summed E-state index contributed by atoms with van der Waals surface area (Å²) in [4.78, 5) is 11.8. The topological polar surface area (TPSA) is 107 Å². The van der Waals surface area contributed by atoms with Crippen LogP contribution in [0.4, 0.5) is 0 Å². The van der Waals surface area contributed by atoms with Gasteiger partial charge in [0.15, 0.2) is 5.82 Å². The van der Waals surface area contributed by atoms with E-state index in [0.29, 0.717) is 24.6 Å². The molecule has 2 N–H and O–H groups in total. The number of hydrogen-bond acceptors (Lipinski definition) is 5. The summed E-state index contributed by atoms with van der Waals surface area (Å²) in [6, 6.07) is 2.10. The van der Waals surface area contributed by atoms with Crippen molar-refractivity contribution < 1.29 is 4.79 Å². The van der Waals surface area contributed by atoms with Gasteiger partial charge in [-0.1, -0.05) is 12.1 Å². The number of nitriles is 1. The minimum absolute atomic E-state index is 0.202. The molecule has 0 aromatic carbocycles. The first kappa shape index (κ1) is 10.5. The van der Waals surface area contributed by atoms with Crippen molar-refractivity contribution in [3.8, 4) is 6.07 Å². The maximum absolute atomic E-state index is 11.8. The van der Waals surface area contributed by atoms with E-state index >= 15 is 0 Å². The van der Waals surface area contributed by atoms with E-state index in [2.05, 4.69) is 32.0 Å². The Balaban J connectivity index is 1.91. The van der Waals surface area contributed by atoms with Crippen LogP contribution < -0.4 is 5.32 Å². The van der Waals surface area contributed by atoms with Crippen molar-refractivity contribution >= 4 is 5.91 Å². The minimum atomic E-state index is -0.844. The van der Waals surface area contributed by atoms with E-state index in [4.69, 9.17) is 5.26 Å². The normalized spacial score (nSPS) is 27.9. The van der Waals surface area contributed by atoms with E-state index < -0.39 is 5.41 Å². The summed E-state index contributed by atoms with van der Waals surface area (Å²) >= 11 is 0. The summed E-state index contributed by atoms with van der Waals surface area (Å²) < 4.78 is 0. The first-order valence-electron chi connectivity index (χ1n) is 5.08. The molecule has 1 saturated carbocycles. The van der Waals surface area contributed by atoms with Gasteiger partial charge in [-0.25, -0.2) is 0 Å². The fourth-order valence-electron chi connectivity index (χ4n) is 2.04. The van der Waals surface area contributed by atoms with Crippen LogP contribution in [0.3, 0.4) is 0 Å². The second-order valence-electron chi connectivity index (χ2n) is 4.22. The van der Waals surface area contributed by atoms with Crippen molar-refractivity contribution in [2.45, 2.75) is 26.3 Å². The molecule has 0 spiro atoms. The molecule has 1 fully saturated rings. The van der Waals surface area contributed by atoms with E-state index in [0.717, 1.165) is 0 Å². The fourth-order valence-corrected chi connectivity index (χ4v) is 2.04. The number of nitrogens with one attached hydrogen (secondary N) is 2. The molecule has 16 heavy (non-hydrogen) atoms. The molecule has 1 amide bonds. The van der Waals surface area contributed by atoms with Crippen molar-refractivity contribution in [3.05, 3.63) is 5.82 Å². The molecule has 7 heteroatoms. The zero-order chi connectivity index (χ0) is 11.6. The Morgan fingerprint density at radius 1 is 1.75 bits per heavy atom. The number of amides is 1. The third-order valence-corrected chi connectivity index (χ3v) is 2.84. The molecule has 1 aromatic rings. The Bertz CT molecular complexity index is 414. The Morgan fingerprint density at radius 2 is 2.50 bits per heavy atom. The molecule has 0 saturated heterocycles. The third-order valence-electron chi connectivity index (χ3n) is 2.84. The number of hydrogen-bond donors (Lipinski definition) is 2. The van der Waals surface area contributed by atoms with Gasteiger partial charge in [0.05, 0.1) is 12.6 Å². The van der Waals surface area contributed by atoms with Crippen molar-refractivity contribution in [2.24, 2.45) is 11.3 Å². The van der Waals surface area contributed by atoms with Gasteiger partial charge in [0.1, 0.15) is 5.41 Å². The van der Waals surface area contributed by atoms with Gasteiger partial charge in [-0.05, 0) is 18.8 Å². The Labute approximate surface area is 92.2 Å². The predicted molar refractivity (Wildman–Crippen MR) is 52.5 cm³/mol. The number of H-pyrrole nitrogens is 1. The lowest BCUT2D eigenvalue weighted by Crippen LogP contribution is -2.47. The monoisotopic (exact) mass is 220 g/mol. The number of tetrazole rings is 1. The molecule has 0 radical (unpaired) electrons. The van der Waals surface area contributed by atoms with Crippen molar-refractivity contribution in [1.29, 1.82) is 5.26 Å². The number of nitrogens with zero attached hydrogens (tertiary/aromatic N) is 4. The van der Waals surface area contributed by atoms with Crippen LogP contribution in [0, 0.1) is 22.7 Å². The molecule has 1 aliphatic carbocycles. The lowest BCUT2D eigenvalue weighted by atomic mass is 9.63. The van der Waals surface area contributed by atoms with Crippen LogP contribution >= 0.6 is 0 Å². The summed E-state index contributed by atoms with van der Waals surface area (Å²) in [6.45, 7) is 2.23. The summed E-state index contributed by atoms with van der Waals surface area (Å²) in [5.41, 5.74) is -0.844. The van der Waals surface area contributed by atoms with Gasteiger partial charge in [0, 0.05) is 0 Å². The van der Waals surface area contributed by atoms with E-state index in [1.54, 1.807) is 0 Å². The highest BCUT2D eigenvalue weighted by Gasteiger charge is 2.48. The Kier molecular flexibility index (Phi) is 2.56. The van der Waals surface area contributed by atoms with Gasteiger partial charge in [-0.2, -0.15) is 10.5 Å². The third kappa shape index (κ3) is 1.74. The fraction of sp³-hybridized carbons (Fsp3) is 0.667. The lowest BCUT2D eigenvalue weighted by Gasteiger charge is -2.39. The molecule has 0 atom stereocenters. The number of carbonyl (C=O) groups excluding carboxylic acids is 1. The summed E-state index contributed by atoms with van der Waals surface area (Å²) in [7, 11) is 0. The van der Waals surface area contributed by atoms with Crippen LogP contribution in [0.2, 0.25) is 0 Å². The summed E-state index contributed by atoms with van der Waals surface area (Å²) in [5, 5.41) is 24.8. The first-order chi connectivity index (χ1) is 7.66. The lowest BCUT2D eigenvalue weighted by molar-refractivity contribution is -0.134. The molecule has 84 valence electrons. The molecule has 1 heterocycles. The van der Waals surface area contributed by atoms with Gasteiger partial charge < -0.3 is 5.32 Å². The summed E-state index contributed by atoms with van der Waals surface area (Å²) in [5.74, 6) is 0.613. The smallest absolute Gasteiger partial charge is 0.240 e. The Hall–Kier alpha value is -1.97. The van der Waals surface area contributed by atoms with Gasteiger partial charge in [0.25, 0.3) is 0 Å². The molecule has 2 rings (SSSR count). The van der Waals surface area contributed by atoms with E-state index in [1.165, 1.54) is 0 Å². The number of rotatable bonds is 3. The minimum Gasteiger partial charge on any atom is -0.347 e. The average molecular weight is 220 g/mol. The number of aromatic nitrogens is 4. The van der Waals surface area contributed by atoms with E-state index in [1.807, 2.05) is 6.92 Å². The van der Waals surface area contributed by atoms with Gasteiger partial charge >= 0.3 is 0 Å². The van der Waals surface area contributed by atoms with E-state index in [-0.39, 0.29) is 12.5 Å². The van der Waals surface area contributed by atoms with Crippen LogP contribution in [0.25, 0.3) is 0 Å². The quantitative estimate of drug-likeness (QED) is 0.730. The second-order valence-corrected chi connectivity index (χ2v) is 4.22. The largest absolute Gasteiger partial charge is 0.347 e. The maximum atomic E-state index is 11.8. The molecule has 1 aromatic heterocycles. The molecule has 7 nitrogen and oxygen atoms in total. The van der Waals surface area contributed by atoms with Crippen molar-refractivity contribution in [1.82, 2.24) is 25.9 Å². The molecular formula is C9H12N6O. The van der Waals surface area contributed by atoms with Crippen LogP contribution in [0.15, 0.2) is 0 Å².